The largest absolute Gasteiger partial charge is 0.354 e. The number of unbranched alkanes of at least 4 members (excludes halogenated alkanes) is 1. The summed E-state index contributed by atoms with van der Waals surface area (Å²) in [6.45, 7) is 2.96. The van der Waals surface area contributed by atoms with Gasteiger partial charge in [-0.25, -0.2) is 0 Å². The Morgan fingerprint density at radius 1 is 0.775 bits per heavy atom. The number of hydrogen-bond acceptors (Lipinski definition) is 2. The quantitative estimate of drug-likeness (QED) is 0.175. The van der Waals surface area contributed by atoms with Gasteiger partial charge in [0.2, 0.25) is 11.8 Å². The van der Waals surface area contributed by atoms with Crippen molar-refractivity contribution in [1.29, 1.82) is 0 Å². The topological polar surface area (TPSA) is 49.4 Å². The predicted molar refractivity (Wildman–Crippen MR) is 163 cm³/mol. The predicted octanol–water partition coefficient (Wildman–Crippen LogP) is 7.42. The van der Waals surface area contributed by atoms with Gasteiger partial charge in [0.05, 0.1) is 0 Å². The average molecular weight is 553 g/mol. The Kier molecular flexibility index (Phi) is 10.9. The molecule has 0 fully saturated rings. The maximum atomic E-state index is 14.4. The van der Waals surface area contributed by atoms with E-state index in [2.05, 4.69) is 36.5 Å². The van der Waals surface area contributed by atoms with Crippen molar-refractivity contribution in [1.82, 2.24) is 10.2 Å². The molecule has 2 amide bonds. The van der Waals surface area contributed by atoms with Crippen LogP contribution >= 0.6 is 11.6 Å². The molecular weight excluding hydrogens is 516 g/mol. The van der Waals surface area contributed by atoms with Crippen molar-refractivity contribution in [2.45, 2.75) is 51.1 Å². The maximum absolute atomic E-state index is 14.4. The lowest BCUT2D eigenvalue weighted by Gasteiger charge is -2.33. The lowest BCUT2D eigenvalue weighted by molar-refractivity contribution is -0.141. The molecule has 0 saturated heterocycles. The fourth-order valence-corrected chi connectivity index (χ4v) is 5.20. The number of nitrogens with zero attached hydrogens (tertiary/aromatic N) is 1. The van der Waals surface area contributed by atoms with Gasteiger partial charge in [0.15, 0.2) is 0 Å². The first-order valence-electron chi connectivity index (χ1n) is 14.0. The van der Waals surface area contributed by atoms with Crippen molar-refractivity contribution in [3.05, 3.63) is 143 Å². The molecule has 0 spiro atoms. The van der Waals surface area contributed by atoms with Gasteiger partial charge in [-0.3, -0.25) is 9.59 Å². The lowest BCUT2D eigenvalue weighted by Crippen LogP contribution is -2.51. The zero-order valence-electron chi connectivity index (χ0n) is 23.0. The van der Waals surface area contributed by atoms with Crippen LogP contribution in [-0.4, -0.2) is 29.3 Å². The van der Waals surface area contributed by atoms with Gasteiger partial charge >= 0.3 is 0 Å². The first kappa shape index (κ1) is 29.1. The van der Waals surface area contributed by atoms with Crippen LogP contribution in [-0.2, 0) is 22.6 Å². The van der Waals surface area contributed by atoms with Crippen LogP contribution in [0.5, 0.6) is 0 Å². The van der Waals surface area contributed by atoms with Crippen LogP contribution in [0.2, 0.25) is 5.02 Å². The van der Waals surface area contributed by atoms with E-state index in [0.717, 1.165) is 35.1 Å². The van der Waals surface area contributed by atoms with Gasteiger partial charge in [-0.15, -0.1) is 0 Å². The number of rotatable bonds is 13. The van der Waals surface area contributed by atoms with E-state index in [-0.39, 0.29) is 30.7 Å². The van der Waals surface area contributed by atoms with E-state index < -0.39 is 6.04 Å². The molecule has 0 aliphatic rings. The molecule has 0 aliphatic carbocycles. The van der Waals surface area contributed by atoms with Gasteiger partial charge in [0.25, 0.3) is 0 Å². The minimum atomic E-state index is -0.669. The van der Waals surface area contributed by atoms with E-state index in [1.165, 1.54) is 0 Å². The van der Waals surface area contributed by atoms with Crippen LogP contribution < -0.4 is 5.32 Å². The molecule has 1 atom stereocenters. The summed E-state index contributed by atoms with van der Waals surface area (Å²) < 4.78 is 0. The van der Waals surface area contributed by atoms with Crippen LogP contribution in [0.4, 0.5) is 0 Å². The molecular formula is C35H37ClN2O2. The number of carbonyl (C=O) groups is 2. The Bertz CT molecular complexity index is 1310. The third-order valence-corrected chi connectivity index (χ3v) is 7.36. The van der Waals surface area contributed by atoms with Crippen molar-refractivity contribution in [3.63, 3.8) is 0 Å². The van der Waals surface area contributed by atoms with Gasteiger partial charge in [0, 0.05) is 36.9 Å². The molecule has 0 bridgehead atoms. The normalized spacial score (nSPS) is 11.7. The number of nitrogens with one attached hydrogen (secondary N) is 1. The second-order valence-electron chi connectivity index (χ2n) is 10.1. The number of carbonyl (C=O) groups excluding carboxylic acids is 2. The second kappa shape index (κ2) is 15.0. The van der Waals surface area contributed by atoms with E-state index in [1.54, 1.807) is 4.90 Å². The molecule has 0 radical (unpaired) electrons. The Balaban J connectivity index is 1.71. The highest BCUT2D eigenvalue weighted by atomic mass is 35.5. The summed E-state index contributed by atoms with van der Waals surface area (Å²) in [6, 6.07) is 36.9. The summed E-state index contributed by atoms with van der Waals surface area (Å²) in [5.41, 5.74) is 4.02. The molecule has 0 aliphatic heterocycles. The van der Waals surface area contributed by atoms with Crippen LogP contribution in [0.3, 0.4) is 0 Å². The third-order valence-electron chi connectivity index (χ3n) is 7.13. The van der Waals surface area contributed by atoms with Gasteiger partial charge in [-0.2, -0.15) is 0 Å². The van der Waals surface area contributed by atoms with Crippen LogP contribution in [0.1, 0.15) is 54.4 Å². The highest BCUT2D eigenvalue weighted by molar-refractivity contribution is 6.30. The molecule has 1 unspecified atom stereocenters. The van der Waals surface area contributed by atoms with Gasteiger partial charge in [-0.05, 0) is 40.8 Å². The molecule has 206 valence electrons. The highest BCUT2D eigenvalue weighted by Crippen LogP contribution is 2.30. The molecule has 4 nitrogen and oxygen atoms in total. The van der Waals surface area contributed by atoms with Crippen molar-refractivity contribution < 1.29 is 9.59 Å². The third kappa shape index (κ3) is 8.30. The number of benzene rings is 4. The van der Waals surface area contributed by atoms with Crippen LogP contribution in [0.15, 0.2) is 115 Å². The van der Waals surface area contributed by atoms with Gasteiger partial charge < -0.3 is 10.2 Å². The molecule has 40 heavy (non-hydrogen) atoms. The van der Waals surface area contributed by atoms with E-state index in [0.29, 0.717) is 18.0 Å². The average Bonchev–Trinajstić information content (AvgIpc) is 2.99. The summed E-state index contributed by atoms with van der Waals surface area (Å²) in [5.74, 6) is -0.356. The fourth-order valence-electron chi connectivity index (χ4n) is 4.98. The Morgan fingerprint density at radius 2 is 1.35 bits per heavy atom. The summed E-state index contributed by atoms with van der Waals surface area (Å²) in [7, 11) is 0. The minimum absolute atomic E-state index is 0.0794. The summed E-state index contributed by atoms with van der Waals surface area (Å²) in [5, 5.41) is 3.69. The molecule has 0 aromatic heterocycles. The van der Waals surface area contributed by atoms with E-state index in [9.17, 15) is 9.59 Å². The summed E-state index contributed by atoms with van der Waals surface area (Å²) >= 11 is 6.33. The van der Waals surface area contributed by atoms with Gasteiger partial charge in [0.1, 0.15) is 6.04 Å². The van der Waals surface area contributed by atoms with Crippen LogP contribution in [0.25, 0.3) is 0 Å². The molecule has 1 N–H and O–H groups in total. The standard InChI is InChI=1S/C35H37ClN2O2/c1-2-3-22-37-35(40)33(24-27-14-7-4-8-15-27)38(26-28-16-13-21-31(36)23-28)34(39)25-32(29-17-9-5-10-18-29)30-19-11-6-12-20-30/h4-21,23,32-33H,2-3,22,24-26H2,1H3,(H,37,40). The smallest absolute Gasteiger partial charge is 0.243 e. The van der Waals surface area contributed by atoms with Crippen molar-refractivity contribution in [3.8, 4) is 0 Å². The lowest BCUT2D eigenvalue weighted by atomic mass is 9.87. The zero-order chi connectivity index (χ0) is 28.2. The highest BCUT2D eigenvalue weighted by Gasteiger charge is 2.32. The monoisotopic (exact) mass is 552 g/mol. The first-order chi connectivity index (χ1) is 19.5. The minimum Gasteiger partial charge on any atom is -0.354 e. The summed E-state index contributed by atoms with van der Waals surface area (Å²) in [6.07, 6.45) is 2.52. The van der Waals surface area contributed by atoms with Crippen LogP contribution in [0, 0.1) is 0 Å². The number of hydrogen-bond donors (Lipinski definition) is 1. The van der Waals surface area contributed by atoms with E-state index >= 15 is 0 Å². The Hall–Kier alpha value is -3.89. The Labute approximate surface area is 243 Å². The van der Waals surface area contributed by atoms with Gasteiger partial charge in [-0.1, -0.05) is 128 Å². The SMILES string of the molecule is CCCCNC(=O)C(Cc1ccccc1)N(Cc1cccc(Cl)c1)C(=O)CC(c1ccccc1)c1ccccc1. The fraction of sp³-hybridized carbons (Fsp3) is 0.257. The Morgan fingerprint density at radius 3 is 1.93 bits per heavy atom. The summed E-state index contributed by atoms with van der Waals surface area (Å²) in [4.78, 5) is 29.8. The molecule has 0 saturated carbocycles. The molecule has 0 heterocycles. The zero-order valence-corrected chi connectivity index (χ0v) is 23.8. The van der Waals surface area contributed by atoms with Crippen molar-refractivity contribution in [2.24, 2.45) is 0 Å². The first-order valence-corrected chi connectivity index (χ1v) is 14.4. The molecule has 5 heteroatoms. The maximum Gasteiger partial charge on any atom is 0.243 e. The molecule has 4 aromatic rings. The molecule has 4 rings (SSSR count). The number of amides is 2. The van der Waals surface area contributed by atoms with Crippen molar-refractivity contribution in [2.75, 3.05) is 6.54 Å². The van der Waals surface area contributed by atoms with E-state index in [1.807, 2.05) is 91.0 Å². The van der Waals surface area contributed by atoms with E-state index in [4.69, 9.17) is 11.6 Å². The second-order valence-corrected chi connectivity index (χ2v) is 10.5. The number of halogens is 1. The van der Waals surface area contributed by atoms with Crippen molar-refractivity contribution >= 4 is 23.4 Å². The molecule has 4 aromatic carbocycles.